The third kappa shape index (κ3) is 4.60. The van der Waals surface area contributed by atoms with Gasteiger partial charge in [-0.15, -0.1) is 0 Å². The number of hydrogen-bond donors (Lipinski definition) is 2. The van der Waals surface area contributed by atoms with Crippen LogP contribution < -0.4 is 15.8 Å². The summed E-state index contributed by atoms with van der Waals surface area (Å²) in [4.78, 5) is 2.40. The molecule has 20 heavy (non-hydrogen) atoms. The number of rotatable bonds is 6. The molecule has 0 radical (unpaired) electrons. The molecule has 0 aliphatic carbocycles. The Balaban J connectivity index is 1.87. The van der Waals surface area contributed by atoms with E-state index >= 15 is 0 Å². The molecular formula is C16H27N3O. The quantitative estimate of drug-likeness (QED) is 0.785. The Labute approximate surface area is 122 Å². The maximum atomic E-state index is 5.93. The molecule has 1 fully saturated rings. The van der Waals surface area contributed by atoms with Crippen LogP contribution in [-0.2, 0) is 0 Å². The number of hydrogen-bond acceptors (Lipinski definition) is 4. The molecule has 0 spiro atoms. The first-order chi connectivity index (χ1) is 9.67. The molecule has 0 amide bonds. The van der Waals surface area contributed by atoms with E-state index in [1.165, 1.54) is 25.9 Å². The largest absolute Gasteiger partial charge is 0.493 e. The van der Waals surface area contributed by atoms with E-state index in [9.17, 15) is 0 Å². The van der Waals surface area contributed by atoms with Gasteiger partial charge in [-0.2, -0.15) is 0 Å². The van der Waals surface area contributed by atoms with E-state index in [0.29, 0.717) is 0 Å². The SMILES string of the molecule is CCCOc1cc(N)cc(NCC2CCN(C)CC2)c1. The molecule has 1 aromatic rings. The van der Waals surface area contributed by atoms with E-state index in [1.54, 1.807) is 0 Å². The van der Waals surface area contributed by atoms with Gasteiger partial charge in [0.25, 0.3) is 0 Å². The van der Waals surface area contributed by atoms with Gasteiger partial charge in [0.05, 0.1) is 6.61 Å². The minimum absolute atomic E-state index is 0.734. The van der Waals surface area contributed by atoms with Crippen molar-refractivity contribution in [2.45, 2.75) is 26.2 Å². The Hall–Kier alpha value is -1.42. The maximum absolute atomic E-state index is 5.93. The van der Waals surface area contributed by atoms with E-state index in [-0.39, 0.29) is 0 Å². The van der Waals surface area contributed by atoms with Crippen molar-refractivity contribution in [3.05, 3.63) is 18.2 Å². The highest BCUT2D eigenvalue weighted by Crippen LogP contribution is 2.24. The molecule has 0 aromatic heterocycles. The van der Waals surface area contributed by atoms with E-state index in [0.717, 1.165) is 42.6 Å². The maximum Gasteiger partial charge on any atom is 0.123 e. The average molecular weight is 277 g/mol. The lowest BCUT2D eigenvalue weighted by Crippen LogP contribution is -2.32. The average Bonchev–Trinajstić information content (AvgIpc) is 2.44. The molecule has 3 N–H and O–H groups in total. The summed E-state index contributed by atoms with van der Waals surface area (Å²) >= 11 is 0. The summed E-state index contributed by atoms with van der Waals surface area (Å²) in [7, 11) is 2.19. The predicted molar refractivity (Wildman–Crippen MR) is 85.4 cm³/mol. The number of anilines is 2. The van der Waals surface area contributed by atoms with Gasteiger partial charge in [0.15, 0.2) is 0 Å². The fourth-order valence-electron chi connectivity index (χ4n) is 2.56. The molecule has 0 unspecified atom stereocenters. The van der Waals surface area contributed by atoms with Crippen LogP contribution in [0.4, 0.5) is 11.4 Å². The Bertz CT molecular complexity index is 414. The van der Waals surface area contributed by atoms with Crippen LogP contribution in [0.5, 0.6) is 5.75 Å². The minimum Gasteiger partial charge on any atom is -0.493 e. The van der Waals surface area contributed by atoms with E-state index < -0.39 is 0 Å². The van der Waals surface area contributed by atoms with E-state index in [1.807, 2.05) is 18.2 Å². The zero-order valence-electron chi connectivity index (χ0n) is 12.7. The number of benzene rings is 1. The fourth-order valence-corrected chi connectivity index (χ4v) is 2.56. The Kier molecular flexibility index (Phi) is 5.53. The summed E-state index contributed by atoms with van der Waals surface area (Å²) in [5.41, 5.74) is 7.75. The van der Waals surface area contributed by atoms with Crippen molar-refractivity contribution < 1.29 is 4.74 Å². The van der Waals surface area contributed by atoms with Crippen molar-refractivity contribution in [1.29, 1.82) is 0 Å². The Morgan fingerprint density at radius 3 is 2.75 bits per heavy atom. The molecule has 0 bridgehead atoms. The van der Waals surface area contributed by atoms with Crippen LogP contribution in [0.15, 0.2) is 18.2 Å². The minimum atomic E-state index is 0.734. The number of ether oxygens (including phenoxy) is 1. The molecule has 0 atom stereocenters. The summed E-state index contributed by atoms with van der Waals surface area (Å²) in [5, 5.41) is 3.51. The van der Waals surface area contributed by atoms with Crippen molar-refractivity contribution >= 4 is 11.4 Å². The summed E-state index contributed by atoms with van der Waals surface area (Å²) < 4.78 is 5.66. The number of piperidine rings is 1. The first-order valence-electron chi connectivity index (χ1n) is 7.63. The van der Waals surface area contributed by atoms with Crippen molar-refractivity contribution in [3.63, 3.8) is 0 Å². The highest BCUT2D eigenvalue weighted by Gasteiger charge is 2.16. The lowest BCUT2D eigenvalue weighted by molar-refractivity contribution is 0.226. The summed E-state index contributed by atoms with van der Waals surface area (Å²) in [6, 6.07) is 5.91. The summed E-state index contributed by atoms with van der Waals surface area (Å²) in [5.74, 6) is 1.62. The summed E-state index contributed by atoms with van der Waals surface area (Å²) in [6.45, 7) is 6.26. The van der Waals surface area contributed by atoms with Gasteiger partial charge in [0, 0.05) is 30.1 Å². The predicted octanol–water partition coefficient (Wildman–Crippen LogP) is 2.81. The molecule has 1 heterocycles. The first kappa shape index (κ1) is 15.0. The van der Waals surface area contributed by atoms with Gasteiger partial charge in [0.1, 0.15) is 5.75 Å². The molecule has 4 nitrogen and oxygen atoms in total. The van der Waals surface area contributed by atoms with Gasteiger partial charge in [-0.05, 0) is 51.4 Å². The zero-order valence-corrected chi connectivity index (χ0v) is 12.7. The van der Waals surface area contributed by atoms with Gasteiger partial charge in [-0.3, -0.25) is 0 Å². The van der Waals surface area contributed by atoms with Crippen LogP contribution in [0.25, 0.3) is 0 Å². The van der Waals surface area contributed by atoms with Crippen LogP contribution in [0.1, 0.15) is 26.2 Å². The Morgan fingerprint density at radius 1 is 1.30 bits per heavy atom. The van der Waals surface area contributed by atoms with Gasteiger partial charge >= 0.3 is 0 Å². The van der Waals surface area contributed by atoms with E-state index in [2.05, 4.69) is 24.2 Å². The van der Waals surface area contributed by atoms with Gasteiger partial charge in [-0.1, -0.05) is 6.92 Å². The van der Waals surface area contributed by atoms with Crippen molar-refractivity contribution in [3.8, 4) is 5.75 Å². The number of nitrogens with zero attached hydrogens (tertiary/aromatic N) is 1. The molecule has 1 aliphatic heterocycles. The van der Waals surface area contributed by atoms with Crippen molar-refractivity contribution in [2.75, 3.05) is 44.3 Å². The van der Waals surface area contributed by atoms with Crippen molar-refractivity contribution in [2.24, 2.45) is 5.92 Å². The standard InChI is InChI=1S/C16H27N3O/c1-3-8-20-16-10-14(17)9-15(11-16)18-12-13-4-6-19(2)7-5-13/h9-11,13,18H,3-8,12,17H2,1-2H3. The smallest absolute Gasteiger partial charge is 0.123 e. The third-order valence-electron chi connectivity index (χ3n) is 3.83. The molecule has 1 aromatic carbocycles. The Morgan fingerprint density at radius 2 is 2.05 bits per heavy atom. The number of nitrogens with one attached hydrogen (secondary N) is 1. The normalized spacial score (nSPS) is 17.1. The highest BCUT2D eigenvalue weighted by molar-refractivity contribution is 5.59. The fraction of sp³-hybridized carbons (Fsp3) is 0.625. The van der Waals surface area contributed by atoms with Crippen LogP contribution in [-0.4, -0.2) is 38.2 Å². The second-order valence-electron chi connectivity index (χ2n) is 5.77. The zero-order chi connectivity index (χ0) is 14.4. The number of nitrogen functional groups attached to an aromatic ring is 1. The van der Waals surface area contributed by atoms with Crippen LogP contribution >= 0.6 is 0 Å². The molecule has 1 saturated heterocycles. The summed E-state index contributed by atoms with van der Waals surface area (Å²) in [6.07, 6.45) is 3.54. The monoisotopic (exact) mass is 277 g/mol. The second-order valence-corrected chi connectivity index (χ2v) is 5.77. The third-order valence-corrected chi connectivity index (χ3v) is 3.83. The van der Waals surface area contributed by atoms with Gasteiger partial charge in [-0.25, -0.2) is 0 Å². The molecule has 4 heteroatoms. The first-order valence-corrected chi connectivity index (χ1v) is 7.63. The second kappa shape index (κ2) is 7.39. The highest BCUT2D eigenvalue weighted by atomic mass is 16.5. The van der Waals surface area contributed by atoms with Gasteiger partial charge < -0.3 is 20.7 Å². The van der Waals surface area contributed by atoms with Gasteiger partial charge in [0.2, 0.25) is 0 Å². The topological polar surface area (TPSA) is 50.5 Å². The van der Waals surface area contributed by atoms with Crippen molar-refractivity contribution in [1.82, 2.24) is 4.90 Å². The van der Waals surface area contributed by atoms with Crippen LogP contribution in [0.2, 0.25) is 0 Å². The molecule has 2 rings (SSSR count). The lowest BCUT2D eigenvalue weighted by atomic mass is 9.97. The van der Waals surface area contributed by atoms with E-state index in [4.69, 9.17) is 10.5 Å². The number of nitrogens with two attached hydrogens (primary N) is 1. The molecule has 0 saturated carbocycles. The number of likely N-dealkylation sites (tertiary alicyclic amines) is 1. The molecular weight excluding hydrogens is 250 g/mol. The lowest BCUT2D eigenvalue weighted by Gasteiger charge is -2.29. The van der Waals surface area contributed by atoms with Crippen LogP contribution in [0, 0.1) is 5.92 Å². The molecule has 112 valence electrons. The molecule has 1 aliphatic rings. The van der Waals surface area contributed by atoms with Crippen LogP contribution in [0.3, 0.4) is 0 Å².